The van der Waals surface area contributed by atoms with Crippen LogP contribution in [-0.2, 0) is 21.4 Å². The zero-order valence-corrected chi connectivity index (χ0v) is 21.0. The van der Waals surface area contributed by atoms with Crippen molar-refractivity contribution in [2.45, 2.75) is 30.8 Å². The van der Waals surface area contributed by atoms with E-state index in [2.05, 4.69) is 11.8 Å². The second-order valence-corrected chi connectivity index (χ2v) is 10.2. The fourth-order valence-corrected chi connectivity index (χ4v) is 5.62. The summed E-state index contributed by atoms with van der Waals surface area (Å²) in [6.45, 7) is 1.54. The molecule has 0 bridgehead atoms. The zero-order chi connectivity index (χ0) is 26.4. The summed E-state index contributed by atoms with van der Waals surface area (Å²) < 4.78 is 33.9. The van der Waals surface area contributed by atoms with Crippen molar-refractivity contribution in [2.75, 3.05) is 18.1 Å². The molecule has 1 atom stereocenters. The van der Waals surface area contributed by atoms with E-state index in [-0.39, 0.29) is 24.6 Å². The number of rotatable bonds is 6. The van der Waals surface area contributed by atoms with E-state index in [4.69, 9.17) is 4.74 Å². The molecule has 0 fully saturated rings. The maximum atomic E-state index is 13.7. The van der Waals surface area contributed by atoms with Gasteiger partial charge < -0.3 is 14.7 Å². The lowest BCUT2D eigenvalue weighted by atomic mass is 10.1. The summed E-state index contributed by atoms with van der Waals surface area (Å²) in [5.74, 6) is 4.41. The number of fused-ring (bicyclic) bond motifs is 1. The molecule has 37 heavy (non-hydrogen) atoms. The standard InChI is InChI=1S/C28H26N2O6S/c1-2-3-9-18-36-23-14-16-24(17-15-23)37(34,35)30-19-22-12-7-8-13-25(22)29(20-26(30)28(32)33)27(31)21-10-5-4-6-11-21/h4-8,10-17,26H,2,18-20H2,1H3,(H,32,33). The lowest BCUT2D eigenvalue weighted by Gasteiger charge is -2.28. The van der Waals surface area contributed by atoms with Crippen LogP contribution < -0.4 is 9.64 Å². The van der Waals surface area contributed by atoms with Gasteiger partial charge in [-0.3, -0.25) is 9.59 Å². The summed E-state index contributed by atoms with van der Waals surface area (Å²) in [6, 6.07) is 19.6. The highest BCUT2D eigenvalue weighted by molar-refractivity contribution is 7.89. The third-order valence-corrected chi connectivity index (χ3v) is 7.77. The van der Waals surface area contributed by atoms with Crippen LogP contribution in [0.2, 0.25) is 0 Å². The number of carbonyl (C=O) groups is 2. The van der Waals surface area contributed by atoms with Crippen molar-refractivity contribution in [3.05, 3.63) is 90.0 Å². The van der Waals surface area contributed by atoms with Crippen molar-refractivity contribution >= 4 is 27.6 Å². The molecule has 9 heteroatoms. The molecule has 1 amide bonds. The number of carbonyl (C=O) groups excluding carboxylic acids is 1. The van der Waals surface area contributed by atoms with Gasteiger partial charge in [-0.25, -0.2) is 8.42 Å². The van der Waals surface area contributed by atoms with Gasteiger partial charge in [0, 0.05) is 24.2 Å². The summed E-state index contributed by atoms with van der Waals surface area (Å²) in [5, 5.41) is 10.1. The predicted octanol–water partition coefficient (Wildman–Crippen LogP) is 3.78. The number of hydrogen-bond acceptors (Lipinski definition) is 5. The summed E-state index contributed by atoms with van der Waals surface area (Å²) in [5.41, 5.74) is 1.36. The number of hydrogen-bond donors (Lipinski definition) is 1. The average molecular weight is 519 g/mol. The number of para-hydroxylation sites is 1. The molecule has 8 nitrogen and oxygen atoms in total. The van der Waals surface area contributed by atoms with Gasteiger partial charge in [-0.2, -0.15) is 4.31 Å². The Bertz CT molecular complexity index is 1440. The molecule has 0 saturated carbocycles. The molecule has 0 aliphatic carbocycles. The van der Waals surface area contributed by atoms with E-state index in [0.717, 1.165) is 4.31 Å². The fourth-order valence-electron chi connectivity index (χ4n) is 4.07. The SMILES string of the molecule is CCC#CCOc1ccc(S(=O)(=O)N2Cc3ccccc3N(C(=O)c3ccccc3)CC2C(=O)O)cc1. The Balaban J connectivity index is 1.70. The second-order valence-electron chi connectivity index (χ2n) is 8.28. The molecule has 190 valence electrons. The minimum absolute atomic E-state index is 0.0777. The number of benzene rings is 3. The topological polar surface area (TPSA) is 104 Å². The number of carboxylic acids is 1. The van der Waals surface area contributed by atoms with Crippen LogP contribution >= 0.6 is 0 Å². The number of ether oxygens (including phenoxy) is 1. The lowest BCUT2D eigenvalue weighted by molar-refractivity contribution is -0.141. The fraction of sp³-hybridized carbons (Fsp3) is 0.214. The maximum absolute atomic E-state index is 13.7. The predicted molar refractivity (Wildman–Crippen MR) is 139 cm³/mol. The first-order chi connectivity index (χ1) is 17.8. The molecule has 1 unspecified atom stereocenters. The second kappa shape index (κ2) is 11.3. The summed E-state index contributed by atoms with van der Waals surface area (Å²) in [6.07, 6.45) is 0.707. The van der Waals surface area contributed by atoms with Gasteiger partial charge in [0.25, 0.3) is 5.91 Å². The van der Waals surface area contributed by atoms with Crippen molar-refractivity contribution in [2.24, 2.45) is 0 Å². The summed E-state index contributed by atoms with van der Waals surface area (Å²) in [7, 11) is -4.25. The van der Waals surface area contributed by atoms with E-state index in [9.17, 15) is 23.1 Å². The van der Waals surface area contributed by atoms with Crippen molar-refractivity contribution in [3.63, 3.8) is 0 Å². The first-order valence-electron chi connectivity index (χ1n) is 11.7. The van der Waals surface area contributed by atoms with Crippen LogP contribution in [0.25, 0.3) is 0 Å². The molecule has 3 aromatic rings. The molecular formula is C28H26N2O6S. The molecule has 1 N–H and O–H groups in total. The molecule has 0 radical (unpaired) electrons. The van der Waals surface area contributed by atoms with Gasteiger partial charge in [-0.15, -0.1) is 5.92 Å². The number of aliphatic carboxylic acids is 1. The minimum atomic E-state index is -4.25. The van der Waals surface area contributed by atoms with Crippen LogP contribution in [-0.4, -0.2) is 48.9 Å². The first kappa shape index (κ1) is 25.9. The third-order valence-electron chi connectivity index (χ3n) is 5.91. The van der Waals surface area contributed by atoms with Gasteiger partial charge in [0.2, 0.25) is 10.0 Å². The molecule has 0 spiro atoms. The average Bonchev–Trinajstić information content (AvgIpc) is 3.09. The van der Waals surface area contributed by atoms with Gasteiger partial charge in [-0.05, 0) is 48.0 Å². The smallest absolute Gasteiger partial charge is 0.323 e. The van der Waals surface area contributed by atoms with Gasteiger partial charge in [-0.1, -0.05) is 49.2 Å². The van der Waals surface area contributed by atoms with E-state index in [1.807, 2.05) is 6.92 Å². The Kier molecular flexibility index (Phi) is 7.92. The highest BCUT2D eigenvalue weighted by atomic mass is 32.2. The molecule has 0 saturated heterocycles. The Morgan fingerprint density at radius 3 is 2.32 bits per heavy atom. The van der Waals surface area contributed by atoms with Crippen LogP contribution in [0.4, 0.5) is 5.69 Å². The van der Waals surface area contributed by atoms with Crippen molar-refractivity contribution in [3.8, 4) is 17.6 Å². The van der Waals surface area contributed by atoms with Gasteiger partial charge in [0.1, 0.15) is 18.4 Å². The van der Waals surface area contributed by atoms with E-state index >= 15 is 0 Å². The van der Waals surface area contributed by atoms with E-state index in [1.165, 1.54) is 29.2 Å². The number of carboxylic acid groups (broad SMARTS) is 1. The summed E-state index contributed by atoms with van der Waals surface area (Å²) >= 11 is 0. The molecule has 1 aliphatic rings. The molecule has 0 aromatic heterocycles. The quantitative estimate of drug-likeness (QED) is 0.498. The Morgan fingerprint density at radius 1 is 0.973 bits per heavy atom. The van der Waals surface area contributed by atoms with E-state index in [0.29, 0.717) is 29.0 Å². The van der Waals surface area contributed by atoms with Crippen LogP contribution in [0, 0.1) is 11.8 Å². The number of nitrogens with zero attached hydrogens (tertiary/aromatic N) is 2. The molecule has 4 rings (SSSR count). The Labute approximate surface area is 216 Å². The van der Waals surface area contributed by atoms with Crippen molar-refractivity contribution in [1.82, 2.24) is 4.31 Å². The van der Waals surface area contributed by atoms with Gasteiger partial charge in [0.05, 0.1) is 11.4 Å². The van der Waals surface area contributed by atoms with Crippen LogP contribution in [0.5, 0.6) is 5.75 Å². The van der Waals surface area contributed by atoms with Crippen molar-refractivity contribution < 1.29 is 27.9 Å². The molecule has 1 heterocycles. The number of sulfonamides is 1. The van der Waals surface area contributed by atoms with Crippen molar-refractivity contribution in [1.29, 1.82) is 0 Å². The first-order valence-corrected chi connectivity index (χ1v) is 13.1. The Hall–Kier alpha value is -4.13. The Morgan fingerprint density at radius 2 is 1.65 bits per heavy atom. The molecule has 1 aliphatic heterocycles. The van der Waals surface area contributed by atoms with Crippen LogP contribution in [0.1, 0.15) is 29.3 Å². The van der Waals surface area contributed by atoms with Crippen LogP contribution in [0.3, 0.4) is 0 Å². The normalized spacial score (nSPS) is 15.6. The third kappa shape index (κ3) is 5.66. The highest BCUT2D eigenvalue weighted by Gasteiger charge is 2.41. The van der Waals surface area contributed by atoms with Gasteiger partial charge >= 0.3 is 5.97 Å². The summed E-state index contributed by atoms with van der Waals surface area (Å²) in [4.78, 5) is 27.1. The number of amides is 1. The van der Waals surface area contributed by atoms with Crippen LogP contribution in [0.15, 0.2) is 83.8 Å². The highest BCUT2D eigenvalue weighted by Crippen LogP contribution is 2.32. The van der Waals surface area contributed by atoms with E-state index < -0.39 is 27.9 Å². The molecular weight excluding hydrogens is 492 g/mol. The number of anilines is 1. The monoisotopic (exact) mass is 518 g/mol. The largest absolute Gasteiger partial charge is 0.481 e. The maximum Gasteiger partial charge on any atom is 0.323 e. The van der Waals surface area contributed by atoms with E-state index in [1.54, 1.807) is 54.6 Å². The molecule has 3 aromatic carbocycles. The zero-order valence-electron chi connectivity index (χ0n) is 20.2. The minimum Gasteiger partial charge on any atom is -0.481 e. The lowest BCUT2D eigenvalue weighted by Crippen LogP contribution is -2.50. The van der Waals surface area contributed by atoms with Gasteiger partial charge in [0.15, 0.2) is 0 Å².